The normalized spacial score (nSPS) is 33.3. The molecule has 1 aromatic carbocycles. The van der Waals surface area contributed by atoms with Crippen LogP contribution in [0.4, 0.5) is 0 Å². The molecule has 0 spiro atoms. The van der Waals surface area contributed by atoms with Crippen LogP contribution in [0.5, 0.6) is 0 Å². The van der Waals surface area contributed by atoms with Crippen LogP contribution in [0.2, 0.25) is 0 Å². The lowest BCUT2D eigenvalue weighted by atomic mass is 9.86. The Morgan fingerprint density at radius 1 is 1.22 bits per heavy atom. The summed E-state index contributed by atoms with van der Waals surface area (Å²) >= 11 is 0. The fourth-order valence-electron chi connectivity index (χ4n) is 3.49. The van der Waals surface area contributed by atoms with Gasteiger partial charge in [-0.15, -0.1) is 0 Å². The van der Waals surface area contributed by atoms with Crippen molar-refractivity contribution < 1.29 is 33.3 Å². The molecule has 0 N–H and O–H groups in total. The third kappa shape index (κ3) is 4.31. The number of hydrogen-bond acceptors (Lipinski definition) is 7. The second kappa shape index (κ2) is 9.09. The first-order chi connectivity index (χ1) is 13.1. The van der Waals surface area contributed by atoms with Gasteiger partial charge in [0.1, 0.15) is 19.0 Å². The summed E-state index contributed by atoms with van der Waals surface area (Å²) < 4.78 is 28.9. The zero-order valence-corrected chi connectivity index (χ0v) is 16.1. The van der Waals surface area contributed by atoms with Crippen LogP contribution >= 0.6 is 0 Å². The van der Waals surface area contributed by atoms with Gasteiger partial charge in [0.25, 0.3) is 5.91 Å². The van der Waals surface area contributed by atoms with E-state index in [1.54, 1.807) is 0 Å². The topological polar surface area (TPSA) is 75.7 Å². The average molecular weight is 381 g/mol. The zero-order chi connectivity index (χ0) is 19.4. The van der Waals surface area contributed by atoms with Crippen LogP contribution in [-0.2, 0) is 33.3 Å². The largest absolute Gasteiger partial charge is 0.359 e. The molecule has 0 radical (unpaired) electrons. The van der Waals surface area contributed by atoms with Crippen molar-refractivity contribution in [3.8, 4) is 0 Å². The lowest BCUT2D eigenvalue weighted by Gasteiger charge is -2.48. The van der Waals surface area contributed by atoms with E-state index >= 15 is 0 Å². The van der Waals surface area contributed by atoms with Crippen LogP contribution < -0.4 is 0 Å². The Morgan fingerprint density at radius 3 is 2.63 bits per heavy atom. The van der Waals surface area contributed by atoms with E-state index < -0.39 is 18.5 Å². The van der Waals surface area contributed by atoms with Crippen molar-refractivity contribution in [3.05, 3.63) is 35.9 Å². The summed E-state index contributed by atoms with van der Waals surface area (Å²) in [5, 5.41) is 1.14. The number of rotatable bonds is 6. The Kier molecular flexibility index (Phi) is 6.80. The number of carbonyl (C=O) groups excluding carboxylic acids is 1. The van der Waals surface area contributed by atoms with Crippen molar-refractivity contribution in [1.82, 2.24) is 5.06 Å². The Bertz CT molecular complexity index is 613. The van der Waals surface area contributed by atoms with Gasteiger partial charge in [-0.05, 0) is 0 Å². The summed E-state index contributed by atoms with van der Waals surface area (Å²) in [5.41, 5.74) is 0.940. The molecule has 2 fully saturated rings. The number of methoxy groups -OCH3 is 1. The molecule has 150 valence electrons. The van der Waals surface area contributed by atoms with Crippen molar-refractivity contribution in [1.29, 1.82) is 0 Å². The molecule has 0 saturated carbocycles. The maximum atomic E-state index is 12.7. The summed E-state index contributed by atoms with van der Waals surface area (Å²) in [5.74, 6) is -0.442. The first-order valence-electron chi connectivity index (χ1n) is 8.96. The zero-order valence-electron chi connectivity index (χ0n) is 16.1. The second-order valence-electron chi connectivity index (χ2n) is 6.69. The number of likely N-dealkylation sites (N-methyl/N-ethyl adjacent to an activating group) is 1. The molecule has 4 unspecified atom stereocenters. The first-order valence-corrected chi connectivity index (χ1v) is 8.96. The van der Waals surface area contributed by atoms with Crippen LogP contribution in [0, 0.1) is 5.92 Å². The number of benzene rings is 1. The predicted molar refractivity (Wildman–Crippen MR) is 94.4 cm³/mol. The highest BCUT2D eigenvalue weighted by Gasteiger charge is 2.51. The molecule has 0 aliphatic carbocycles. The maximum Gasteiger partial charge on any atom is 0.277 e. The maximum absolute atomic E-state index is 12.7. The molecule has 0 bridgehead atoms. The van der Waals surface area contributed by atoms with Gasteiger partial charge in [0, 0.05) is 25.6 Å². The van der Waals surface area contributed by atoms with Crippen LogP contribution in [0.25, 0.3) is 0 Å². The van der Waals surface area contributed by atoms with Gasteiger partial charge in [-0.2, -0.15) is 0 Å². The third-order valence-electron chi connectivity index (χ3n) is 4.99. The Balaban J connectivity index is 1.78. The van der Waals surface area contributed by atoms with Gasteiger partial charge in [0.2, 0.25) is 0 Å². The number of ether oxygens (including phenoxy) is 5. The molecule has 2 aliphatic heterocycles. The molecular formula is C19H27NO7. The molecule has 27 heavy (non-hydrogen) atoms. The lowest BCUT2D eigenvalue weighted by molar-refractivity contribution is -0.323. The van der Waals surface area contributed by atoms with E-state index in [1.807, 2.05) is 37.3 Å². The second-order valence-corrected chi connectivity index (χ2v) is 6.69. The number of amides is 1. The number of carbonyl (C=O) groups is 1. The summed E-state index contributed by atoms with van der Waals surface area (Å²) in [7, 11) is 4.50. The van der Waals surface area contributed by atoms with E-state index in [1.165, 1.54) is 21.3 Å². The van der Waals surface area contributed by atoms with Crippen LogP contribution in [-0.4, -0.2) is 70.1 Å². The molecule has 6 atom stereocenters. The minimum absolute atomic E-state index is 0.0504. The van der Waals surface area contributed by atoms with Gasteiger partial charge >= 0.3 is 0 Å². The number of hydroxylamine groups is 2. The first kappa shape index (κ1) is 20.2. The van der Waals surface area contributed by atoms with Gasteiger partial charge in [0.05, 0.1) is 19.8 Å². The molecule has 0 aromatic heterocycles. The van der Waals surface area contributed by atoms with E-state index in [4.69, 9.17) is 28.5 Å². The smallest absolute Gasteiger partial charge is 0.277 e. The molecule has 8 nitrogen and oxygen atoms in total. The van der Waals surface area contributed by atoms with Gasteiger partial charge in [-0.25, -0.2) is 5.06 Å². The van der Waals surface area contributed by atoms with Crippen LogP contribution in [0.1, 0.15) is 18.8 Å². The van der Waals surface area contributed by atoms with E-state index in [0.29, 0.717) is 6.61 Å². The van der Waals surface area contributed by atoms with Gasteiger partial charge < -0.3 is 23.7 Å². The number of hydrogen-bond donors (Lipinski definition) is 0. The Hall–Kier alpha value is -1.55. The molecule has 1 amide bonds. The van der Waals surface area contributed by atoms with Crippen molar-refractivity contribution in [2.75, 3.05) is 34.7 Å². The van der Waals surface area contributed by atoms with Crippen molar-refractivity contribution in [2.24, 2.45) is 5.92 Å². The number of fused-ring (bicyclic) bond motifs is 1. The van der Waals surface area contributed by atoms with E-state index in [0.717, 1.165) is 10.6 Å². The van der Waals surface area contributed by atoms with E-state index in [2.05, 4.69) is 0 Å². The van der Waals surface area contributed by atoms with Gasteiger partial charge in [-0.3, -0.25) is 9.63 Å². The van der Waals surface area contributed by atoms with E-state index in [9.17, 15) is 4.79 Å². The quantitative estimate of drug-likeness (QED) is 0.546. The van der Waals surface area contributed by atoms with Crippen LogP contribution in [0.3, 0.4) is 0 Å². The number of nitrogens with zero attached hydrogens (tertiary/aromatic N) is 1. The minimum Gasteiger partial charge on any atom is -0.359 e. The summed E-state index contributed by atoms with van der Waals surface area (Å²) in [6, 6.07) is 9.73. The molecular weight excluding hydrogens is 354 g/mol. The van der Waals surface area contributed by atoms with Crippen molar-refractivity contribution >= 4 is 5.91 Å². The Morgan fingerprint density at radius 2 is 1.96 bits per heavy atom. The highest BCUT2D eigenvalue weighted by molar-refractivity contribution is 5.80. The summed E-state index contributed by atoms with van der Waals surface area (Å²) in [6.07, 6.45) is -2.49. The highest BCUT2D eigenvalue weighted by atomic mass is 16.7. The molecule has 2 saturated heterocycles. The molecule has 8 heteroatoms. The molecule has 2 heterocycles. The van der Waals surface area contributed by atoms with Gasteiger partial charge in [0.15, 0.2) is 12.4 Å². The molecule has 1 aromatic rings. The summed E-state index contributed by atoms with van der Waals surface area (Å²) in [6.45, 7) is 2.36. The average Bonchev–Trinajstić information content (AvgIpc) is 2.72. The minimum atomic E-state index is -0.832. The molecule has 3 rings (SSSR count). The van der Waals surface area contributed by atoms with E-state index in [-0.39, 0.29) is 30.8 Å². The van der Waals surface area contributed by atoms with Gasteiger partial charge in [-0.1, -0.05) is 37.3 Å². The lowest BCUT2D eigenvalue weighted by Crippen LogP contribution is -2.62. The molecule has 2 aliphatic rings. The Labute approximate surface area is 159 Å². The van der Waals surface area contributed by atoms with Crippen molar-refractivity contribution in [2.45, 2.75) is 37.6 Å². The van der Waals surface area contributed by atoms with Crippen molar-refractivity contribution in [3.63, 3.8) is 0 Å². The standard InChI is InChI=1S/C19H27NO7/c1-12-15-14(10-24-19(27-15)13-8-6-5-7-9-13)26-17(16(12)25-11-22-3)18(21)20(2)23-4/h5-9,12,14-17,19H,10-11H2,1-4H3/t12?,14?,15-,16?,17-,19?/m1/s1. The highest BCUT2D eigenvalue weighted by Crippen LogP contribution is 2.38. The monoisotopic (exact) mass is 381 g/mol. The fraction of sp³-hybridized carbons (Fsp3) is 0.632. The van der Waals surface area contributed by atoms with Crippen LogP contribution in [0.15, 0.2) is 30.3 Å². The fourth-order valence-corrected chi connectivity index (χ4v) is 3.49. The SMILES string of the molecule is COCOC1C(C)[C@H]2OC(c3ccccc3)OCC2O[C@H]1C(=O)N(C)OC. The summed E-state index contributed by atoms with van der Waals surface area (Å²) in [4.78, 5) is 17.7. The predicted octanol–water partition coefficient (Wildman–Crippen LogP) is 1.51. The third-order valence-corrected chi connectivity index (χ3v) is 4.99.